The SMILES string of the molecule is CCCOCCC(=O)Nc1ccc(C(C)N)cc1. The molecule has 0 radical (unpaired) electrons. The van der Waals surface area contributed by atoms with Crippen LogP contribution in [0.3, 0.4) is 0 Å². The van der Waals surface area contributed by atoms with Crippen LogP contribution < -0.4 is 11.1 Å². The standard InChI is InChI=1S/C14H22N2O2/c1-3-9-18-10-8-14(17)16-13-6-4-12(5-7-13)11(2)15/h4-7,11H,3,8-10,15H2,1-2H3,(H,16,17). The van der Waals surface area contributed by atoms with Crippen molar-refractivity contribution in [3.05, 3.63) is 29.8 Å². The second-order valence-corrected chi connectivity index (χ2v) is 4.32. The highest BCUT2D eigenvalue weighted by atomic mass is 16.5. The van der Waals surface area contributed by atoms with Crippen LogP contribution in [0.1, 0.15) is 38.3 Å². The highest BCUT2D eigenvalue weighted by molar-refractivity contribution is 5.90. The van der Waals surface area contributed by atoms with E-state index < -0.39 is 0 Å². The Morgan fingerprint density at radius 1 is 1.33 bits per heavy atom. The highest BCUT2D eigenvalue weighted by Gasteiger charge is 2.03. The molecule has 0 aliphatic heterocycles. The number of hydrogen-bond donors (Lipinski definition) is 2. The average Bonchev–Trinajstić information content (AvgIpc) is 2.35. The smallest absolute Gasteiger partial charge is 0.226 e. The fourth-order valence-electron chi connectivity index (χ4n) is 1.50. The lowest BCUT2D eigenvalue weighted by Gasteiger charge is -2.08. The second kappa shape index (κ2) is 7.84. The summed E-state index contributed by atoms with van der Waals surface area (Å²) in [5.41, 5.74) is 7.60. The van der Waals surface area contributed by atoms with Crippen LogP contribution in [0.5, 0.6) is 0 Å². The van der Waals surface area contributed by atoms with Crippen LogP contribution >= 0.6 is 0 Å². The molecule has 0 heterocycles. The van der Waals surface area contributed by atoms with Gasteiger partial charge in [-0.1, -0.05) is 19.1 Å². The molecule has 0 spiro atoms. The van der Waals surface area contributed by atoms with Gasteiger partial charge in [0.1, 0.15) is 0 Å². The first-order valence-corrected chi connectivity index (χ1v) is 6.36. The van der Waals surface area contributed by atoms with Crippen LogP contribution in [0, 0.1) is 0 Å². The van der Waals surface area contributed by atoms with Crippen molar-refractivity contribution in [2.45, 2.75) is 32.7 Å². The third-order valence-corrected chi connectivity index (χ3v) is 2.54. The van der Waals surface area contributed by atoms with Crippen LogP contribution in [0.2, 0.25) is 0 Å². The minimum Gasteiger partial charge on any atom is -0.381 e. The highest BCUT2D eigenvalue weighted by Crippen LogP contribution is 2.14. The first-order valence-electron chi connectivity index (χ1n) is 6.36. The third-order valence-electron chi connectivity index (χ3n) is 2.54. The summed E-state index contributed by atoms with van der Waals surface area (Å²) in [4.78, 5) is 11.6. The minimum atomic E-state index is -0.0281. The number of nitrogens with one attached hydrogen (secondary N) is 1. The molecule has 1 amide bonds. The molecule has 0 aliphatic carbocycles. The molecule has 1 atom stereocenters. The topological polar surface area (TPSA) is 64.3 Å². The molecule has 100 valence electrons. The van der Waals surface area contributed by atoms with Gasteiger partial charge in [0.25, 0.3) is 0 Å². The minimum absolute atomic E-state index is 0.0113. The van der Waals surface area contributed by atoms with E-state index in [1.165, 1.54) is 0 Å². The molecule has 4 nitrogen and oxygen atoms in total. The number of nitrogens with two attached hydrogens (primary N) is 1. The molecule has 0 saturated carbocycles. The van der Waals surface area contributed by atoms with Crippen molar-refractivity contribution in [1.29, 1.82) is 0 Å². The van der Waals surface area contributed by atoms with Crippen molar-refractivity contribution in [1.82, 2.24) is 0 Å². The predicted molar refractivity (Wildman–Crippen MR) is 73.4 cm³/mol. The number of carbonyl (C=O) groups excluding carboxylic acids is 1. The number of anilines is 1. The second-order valence-electron chi connectivity index (χ2n) is 4.32. The maximum absolute atomic E-state index is 11.6. The monoisotopic (exact) mass is 250 g/mol. The maximum Gasteiger partial charge on any atom is 0.226 e. The Bertz CT molecular complexity index is 361. The van der Waals surface area contributed by atoms with E-state index in [4.69, 9.17) is 10.5 Å². The Morgan fingerprint density at radius 3 is 2.56 bits per heavy atom. The van der Waals surface area contributed by atoms with Gasteiger partial charge in [-0.05, 0) is 31.0 Å². The molecule has 1 rings (SSSR count). The van der Waals surface area contributed by atoms with Crippen molar-refractivity contribution in [2.75, 3.05) is 18.5 Å². The Kier molecular flexibility index (Phi) is 6.39. The fraction of sp³-hybridized carbons (Fsp3) is 0.500. The number of benzene rings is 1. The first-order chi connectivity index (χ1) is 8.63. The van der Waals surface area contributed by atoms with Gasteiger partial charge in [-0.25, -0.2) is 0 Å². The summed E-state index contributed by atoms with van der Waals surface area (Å²) in [5.74, 6) is -0.0281. The summed E-state index contributed by atoms with van der Waals surface area (Å²) in [6.07, 6.45) is 1.36. The molecule has 1 aromatic carbocycles. The largest absolute Gasteiger partial charge is 0.381 e. The van der Waals surface area contributed by atoms with Crippen LogP contribution in [-0.2, 0) is 9.53 Å². The Labute approximate surface area is 109 Å². The number of rotatable bonds is 7. The van der Waals surface area contributed by atoms with Crippen molar-refractivity contribution in [3.8, 4) is 0 Å². The number of ether oxygens (including phenoxy) is 1. The summed E-state index contributed by atoms with van der Waals surface area (Å²) in [5, 5.41) is 2.83. The number of carbonyl (C=O) groups is 1. The normalized spacial score (nSPS) is 12.2. The lowest BCUT2D eigenvalue weighted by molar-refractivity contribution is -0.117. The van der Waals surface area contributed by atoms with E-state index in [0.717, 1.165) is 17.7 Å². The Hall–Kier alpha value is -1.39. The van der Waals surface area contributed by atoms with Crippen LogP contribution in [0.15, 0.2) is 24.3 Å². The van der Waals surface area contributed by atoms with Crippen LogP contribution in [0.4, 0.5) is 5.69 Å². The summed E-state index contributed by atoms with van der Waals surface area (Å²) >= 11 is 0. The van der Waals surface area contributed by atoms with Gasteiger partial charge in [0.2, 0.25) is 5.91 Å². The molecule has 1 aromatic rings. The quantitative estimate of drug-likeness (QED) is 0.731. The summed E-state index contributed by atoms with van der Waals surface area (Å²) in [6.45, 7) is 5.15. The lowest BCUT2D eigenvalue weighted by atomic mass is 10.1. The third kappa shape index (κ3) is 5.29. The van der Waals surface area contributed by atoms with Crippen molar-refractivity contribution in [3.63, 3.8) is 0 Å². The van der Waals surface area contributed by atoms with E-state index in [1.807, 2.05) is 38.1 Å². The molecule has 1 unspecified atom stereocenters. The van der Waals surface area contributed by atoms with Crippen molar-refractivity contribution < 1.29 is 9.53 Å². The predicted octanol–water partition coefficient (Wildman–Crippen LogP) is 2.46. The lowest BCUT2D eigenvalue weighted by Crippen LogP contribution is -2.14. The first kappa shape index (κ1) is 14.7. The number of amides is 1. The fourth-order valence-corrected chi connectivity index (χ4v) is 1.50. The van der Waals surface area contributed by atoms with Gasteiger partial charge < -0.3 is 15.8 Å². The molecule has 18 heavy (non-hydrogen) atoms. The van der Waals surface area contributed by atoms with Gasteiger partial charge in [-0.3, -0.25) is 4.79 Å². The molecule has 0 fully saturated rings. The Morgan fingerprint density at radius 2 is 2.00 bits per heavy atom. The maximum atomic E-state index is 11.6. The summed E-state index contributed by atoms with van der Waals surface area (Å²) in [7, 11) is 0. The van der Waals surface area contributed by atoms with Gasteiger partial charge in [0, 0.05) is 18.3 Å². The Balaban J connectivity index is 2.35. The van der Waals surface area contributed by atoms with Gasteiger partial charge in [-0.15, -0.1) is 0 Å². The zero-order valence-corrected chi connectivity index (χ0v) is 11.1. The van der Waals surface area contributed by atoms with E-state index >= 15 is 0 Å². The van der Waals surface area contributed by atoms with Gasteiger partial charge >= 0.3 is 0 Å². The van der Waals surface area contributed by atoms with Gasteiger partial charge in [-0.2, -0.15) is 0 Å². The molecule has 4 heteroatoms. The van der Waals surface area contributed by atoms with Crippen LogP contribution in [0.25, 0.3) is 0 Å². The van der Waals surface area contributed by atoms with E-state index in [0.29, 0.717) is 19.6 Å². The summed E-state index contributed by atoms with van der Waals surface area (Å²) in [6, 6.07) is 7.59. The van der Waals surface area contributed by atoms with E-state index in [2.05, 4.69) is 5.32 Å². The zero-order chi connectivity index (χ0) is 13.4. The van der Waals surface area contributed by atoms with E-state index in [1.54, 1.807) is 0 Å². The molecular formula is C14H22N2O2. The van der Waals surface area contributed by atoms with E-state index in [-0.39, 0.29) is 11.9 Å². The zero-order valence-electron chi connectivity index (χ0n) is 11.1. The molecule has 3 N–H and O–H groups in total. The van der Waals surface area contributed by atoms with Crippen molar-refractivity contribution in [2.24, 2.45) is 5.73 Å². The summed E-state index contributed by atoms with van der Waals surface area (Å²) < 4.78 is 5.26. The molecule has 0 aliphatic rings. The van der Waals surface area contributed by atoms with E-state index in [9.17, 15) is 4.79 Å². The van der Waals surface area contributed by atoms with Crippen LogP contribution in [-0.4, -0.2) is 19.1 Å². The van der Waals surface area contributed by atoms with Gasteiger partial charge in [0.05, 0.1) is 13.0 Å². The van der Waals surface area contributed by atoms with Gasteiger partial charge in [0.15, 0.2) is 0 Å². The molecular weight excluding hydrogens is 228 g/mol. The van der Waals surface area contributed by atoms with Crippen molar-refractivity contribution >= 4 is 11.6 Å². The molecule has 0 aromatic heterocycles. The molecule has 0 saturated heterocycles. The number of hydrogen-bond acceptors (Lipinski definition) is 3. The average molecular weight is 250 g/mol. The molecule has 0 bridgehead atoms.